The lowest BCUT2D eigenvalue weighted by Gasteiger charge is -2.27. The van der Waals surface area contributed by atoms with Crippen molar-refractivity contribution in [3.05, 3.63) is 34.4 Å². The minimum absolute atomic E-state index is 0.142. The summed E-state index contributed by atoms with van der Waals surface area (Å²) in [5.41, 5.74) is 1.85. The number of nitrogens with zero attached hydrogens (tertiary/aromatic N) is 1. The molecule has 0 bridgehead atoms. The minimum Gasteiger partial charge on any atom is -0.478 e. The van der Waals surface area contributed by atoms with Gasteiger partial charge < -0.3 is 10.0 Å². The smallest absolute Gasteiger partial charge is 0.336 e. The van der Waals surface area contributed by atoms with E-state index < -0.39 is 5.97 Å². The van der Waals surface area contributed by atoms with Crippen molar-refractivity contribution in [1.29, 1.82) is 0 Å². The van der Waals surface area contributed by atoms with Crippen LogP contribution in [0.5, 0.6) is 0 Å². The molecule has 2 rings (SSSR count). The zero-order chi connectivity index (χ0) is 14.0. The highest BCUT2D eigenvalue weighted by molar-refractivity contribution is 7.99. The van der Waals surface area contributed by atoms with Crippen molar-refractivity contribution in [2.75, 3.05) is 24.6 Å². The van der Waals surface area contributed by atoms with Gasteiger partial charge in [0.25, 0.3) is 5.91 Å². The van der Waals surface area contributed by atoms with E-state index in [4.69, 9.17) is 0 Å². The standard InChI is InChI=1S/C14H17NO3S/c1-9-3-4-10(2)12(14(17)18)11(9)13(16)15-5-7-19-8-6-15/h3-4H,5-8H2,1-2H3,(H,17,18). The van der Waals surface area contributed by atoms with Crippen LogP contribution < -0.4 is 0 Å². The fourth-order valence-electron chi connectivity index (χ4n) is 2.29. The fourth-order valence-corrected chi connectivity index (χ4v) is 3.19. The summed E-state index contributed by atoms with van der Waals surface area (Å²) < 4.78 is 0. The Morgan fingerprint density at radius 2 is 1.63 bits per heavy atom. The van der Waals surface area contributed by atoms with E-state index in [1.165, 1.54) is 0 Å². The molecule has 1 aliphatic heterocycles. The molecule has 1 N–H and O–H groups in total. The lowest BCUT2D eigenvalue weighted by molar-refractivity contribution is 0.0677. The fraction of sp³-hybridized carbons (Fsp3) is 0.429. The summed E-state index contributed by atoms with van der Waals surface area (Å²) in [5, 5.41) is 9.34. The predicted octanol–water partition coefficient (Wildman–Crippen LogP) is 2.19. The molecule has 1 aliphatic rings. The van der Waals surface area contributed by atoms with E-state index in [9.17, 15) is 14.7 Å². The Kier molecular flexibility index (Phi) is 4.14. The maximum Gasteiger partial charge on any atom is 0.336 e. The van der Waals surface area contributed by atoms with Gasteiger partial charge in [0, 0.05) is 24.6 Å². The number of benzene rings is 1. The van der Waals surface area contributed by atoms with Crippen LogP contribution >= 0.6 is 11.8 Å². The van der Waals surface area contributed by atoms with Crippen molar-refractivity contribution < 1.29 is 14.7 Å². The zero-order valence-corrected chi connectivity index (χ0v) is 11.9. The molecule has 0 aromatic heterocycles. The van der Waals surface area contributed by atoms with E-state index in [-0.39, 0.29) is 11.5 Å². The van der Waals surface area contributed by atoms with Gasteiger partial charge in [-0.15, -0.1) is 0 Å². The molecule has 1 aromatic carbocycles. The van der Waals surface area contributed by atoms with E-state index in [0.717, 1.165) is 17.1 Å². The third kappa shape index (κ3) is 2.76. The molecule has 1 saturated heterocycles. The monoisotopic (exact) mass is 279 g/mol. The Balaban J connectivity index is 2.45. The molecule has 4 nitrogen and oxygen atoms in total. The highest BCUT2D eigenvalue weighted by Gasteiger charge is 2.26. The third-order valence-corrected chi connectivity index (χ3v) is 4.29. The molecule has 1 aromatic rings. The summed E-state index contributed by atoms with van der Waals surface area (Å²) in [4.78, 5) is 25.7. The van der Waals surface area contributed by atoms with Gasteiger partial charge in [-0.2, -0.15) is 11.8 Å². The molecule has 0 radical (unpaired) electrons. The molecule has 1 fully saturated rings. The van der Waals surface area contributed by atoms with Gasteiger partial charge in [0.15, 0.2) is 0 Å². The van der Waals surface area contributed by atoms with Gasteiger partial charge in [-0.05, 0) is 25.0 Å². The number of aryl methyl sites for hydroxylation is 2. The van der Waals surface area contributed by atoms with E-state index in [0.29, 0.717) is 24.2 Å². The molecule has 102 valence electrons. The second-order valence-electron chi connectivity index (χ2n) is 4.66. The Bertz CT molecular complexity index is 522. The molecule has 5 heteroatoms. The number of carboxylic acids is 1. The van der Waals surface area contributed by atoms with Crippen LogP contribution in [0.2, 0.25) is 0 Å². The van der Waals surface area contributed by atoms with E-state index in [2.05, 4.69) is 0 Å². The van der Waals surface area contributed by atoms with Gasteiger partial charge in [-0.3, -0.25) is 4.79 Å². The van der Waals surface area contributed by atoms with Gasteiger partial charge in [-0.1, -0.05) is 12.1 Å². The number of carbonyl (C=O) groups is 2. The van der Waals surface area contributed by atoms with Crippen LogP contribution in [0.25, 0.3) is 0 Å². The van der Waals surface area contributed by atoms with E-state index in [1.54, 1.807) is 24.8 Å². The minimum atomic E-state index is -1.03. The lowest BCUT2D eigenvalue weighted by Crippen LogP contribution is -2.39. The number of carbonyl (C=O) groups excluding carboxylic acids is 1. The van der Waals surface area contributed by atoms with Crippen molar-refractivity contribution in [1.82, 2.24) is 4.90 Å². The Hall–Kier alpha value is -1.49. The number of carboxylic acid groups (broad SMARTS) is 1. The molecule has 0 aliphatic carbocycles. The Morgan fingerprint density at radius 3 is 2.16 bits per heavy atom. The van der Waals surface area contributed by atoms with Crippen molar-refractivity contribution in [3.63, 3.8) is 0 Å². The SMILES string of the molecule is Cc1ccc(C)c(C(=O)N2CCSCC2)c1C(=O)O. The number of hydrogen-bond donors (Lipinski definition) is 1. The molecule has 0 spiro atoms. The highest BCUT2D eigenvalue weighted by atomic mass is 32.2. The van der Waals surface area contributed by atoms with Crippen LogP contribution in [0.4, 0.5) is 0 Å². The number of amides is 1. The number of rotatable bonds is 2. The molecule has 19 heavy (non-hydrogen) atoms. The van der Waals surface area contributed by atoms with Gasteiger partial charge in [0.05, 0.1) is 11.1 Å². The summed E-state index contributed by atoms with van der Waals surface area (Å²) in [7, 11) is 0. The van der Waals surface area contributed by atoms with Crippen LogP contribution in [0.1, 0.15) is 31.8 Å². The average molecular weight is 279 g/mol. The maximum atomic E-state index is 12.6. The second kappa shape index (κ2) is 5.65. The van der Waals surface area contributed by atoms with E-state index in [1.807, 2.05) is 17.8 Å². The summed E-state index contributed by atoms with van der Waals surface area (Å²) in [6.07, 6.45) is 0. The van der Waals surface area contributed by atoms with Crippen molar-refractivity contribution >= 4 is 23.6 Å². The quantitative estimate of drug-likeness (QED) is 0.901. The molecule has 1 heterocycles. The molecular weight excluding hydrogens is 262 g/mol. The maximum absolute atomic E-state index is 12.6. The molecule has 0 saturated carbocycles. The number of aromatic carboxylic acids is 1. The first kappa shape index (κ1) is 13.9. The van der Waals surface area contributed by atoms with Crippen LogP contribution in [0.3, 0.4) is 0 Å². The molecule has 0 atom stereocenters. The number of thioether (sulfide) groups is 1. The van der Waals surface area contributed by atoms with Crippen LogP contribution in [-0.2, 0) is 0 Å². The normalized spacial score (nSPS) is 15.4. The second-order valence-corrected chi connectivity index (χ2v) is 5.88. The van der Waals surface area contributed by atoms with Crippen molar-refractivity contribution in [2.45, 2.75) is 13.8 Å². The molecular formula is C14H17NO3S. The topological polar surface area (TPSA) is 57.6 Å². The first-order valence-corrected chi connectivity index (χ1v) is 7.38. The van der Waals surface area contributed by atoms with Gasteiger partial charge in [-0.25, -0.2) is 4.79 Å². The largest absolute Gasteiger partial charge is 0.478 e. The van der Waals surface area contributed by atoms with Gasteiger partial charge in [0.2, 0.25) is 0 Å². The first-order valence-electron chi connectivity index (χ1n) is 6.23. The Morgan fingerprint density at radius 1 is 1.11 bits per heavy atom. The predicted molar refractivity (Wildman–Crippen MR) is 76.1 cm³/mol. The van der Waals surface area contributed by atoms with Gasteiger partial charge in [0.1, 0.15) is 0 Å². The van der Waals surface area contributed by atoms with Crippen molar-refractivity contribution in [3.8, 4) is 0 Å². The average Bonchev–Trinajstić information content (AvgIpc) is 2.41. The zero-order valence-electron chi connectivity index (χ0n) is 11.1. The summed E-state index contributed by atoms with van der Waals surface area (Å²) in [6, 6.07) is 3.56. The lowest BCUT2D eigenvalue weighted by atomic mass is 9.96. The van der Waals surface area contributed by atoms with E-state index >= 15 is 0 Å². The summed E-state index contributed by atoms with van der Waals surface area (Å²) in [5.74, 6) is 0.646. The summed E-state index contributed by atoms with van der Waals surface area (Å²) >= 11 is 1.82. The third-order valence-electron chi connectivity index (χ3n) is 3.35. The van der Waals surface area contributed by atoms with Crippen LogP contribution in [0.15, 0.2) is 12.1 Å². The van der Waals surface area contributed by atoms with Crippen LogP contribution in [0, 0.1) is 13.8 Å². The molecule has 1 amide bonds. The van der Waals surface area contributed by atoms with Crippen molar-refractivity contribution in [2.24, 2.45) is 0 Å². The summed E-state index contributed by atoms with van der Waals surface area (Å²) in [6.45, 7) is 4.90. The van der Waals surface area contributed by atoms with Crippen LogP contribution in [-0.4, -0.2) is 46.5 Å². The Labute approximate surface area is 116 Å². The first-order chi connectivity index (χ1) is 9.02. The number of hydrogen-bond acceptors (Lipinski definition) is 3. The molecule has 0 unspecified atom stereocenters. The van der Waals surface area contributed by atoms with Gasteiger partial charge >= 0.3 is 5.97 Å². The highest BCUT2D eigenvalue weighted by Crippen LogP contribution is 2.22.